The van der Waals surface area contributed by atoms with Crippen molar-refractivity contribution in [3.63, 3.8) is 0 Å². The number of ether oxygens (including phenoxy) is 1. The summed E-state index contributed by atoms with van der Waals surface area (Å²) in [5, 5.41) is -0.728. The quantitative estimate of drug-likeness (QED) is 0.721. The molecule has 0 N–H and O–H groups in total. The van der Waals surface area contributed by atoms with Gasteiger partial charge in [0.2, 0.25) is 0 Å². The number of pyridine rings is 1. The summed E-state index contributed by atoms with van der Waals surface area (Å²) in [4.78, 5) is 15.1. The molecule has 0 bridgehead atoms. The number of aryl methyl sites for hydroxylation is 1. The van der Waals surface area contributed by atoms with Gasteiger partial charge in [0.05, 0.1) is 24.5 Å². The topological polar surface area (TPSA) is 73.3 Å². The Morgan fingerprint density at radius 3 is 2.72 bits per heavy atom. The van der Waals surface area contributed by atoms with Crippen molar-refractivity contribution in [3.05, 3.63) is 30.1 Å². The average Bonchev–Trinajstić information content (AvgIpc) is 2.37. The molecule has 1 aromatic rings. The van der Waals surface area contributed by atoms with E-state index in [-0.39, 0.29) is 12.2 Å². The lowest BCUT2D eigenvalue weighted by Crippen LogP contribution is -2.25. The summed E-state index contributed by atoms with van der Waals surface area (Å²) < 4.78 is 28.3. The van der Waals surface area contributed by atoms with E-state index in [1.54, 1.807) is 18.3 Å². The van der Waals surface area contributed by atoms with Crippen LogP contribution in [0.3, 0.4) is 0 Å². The summed E-state index contributed by atoms with van der Waals surface area (Å²) in [6.45, 7) is 1.52. The Morgan fingerprint density at radius 1 is 1.44 bits per heavy atom. The van der Waals surface area contributed by atoms with E-state index in [1.165, 1.54) is 14.0 Å². The van der Waals surface area contributed by atoms with Gasteiger partial charge in [0.25, 0.3) is 0 Å². The molecule has 1 rings (SSSR count). The molecule has 6 heteroatoms. The van der Waals surface area contributed by atoms with E-state index in [4.69, 9.17) is 0 Å². The Balaban J connectivity index is 2.57. The van der Waals surface area contributed by atoms with Gasteiger partial charge in [0.1, 0.15) is 0 Å². The van der Waals surface area contributed by atoms with Crippen LogP contribution in [0.5, 0.6) is 0 Å². The second-order valence-electron chi connectivity index (χ2n) is 4.03. The van der Waals surface area contributed by atoms with E-state index >= 15 is 0 Å². The van der Waals surface area contributed by atoms with Gasteiger partial charge < -0.3 is 4.74 Å². The van der Waals surface area contributed by atoms with Crippen LogP contribution >= 0.6 is 0 Å². The molecule has 0 aliphatic heterocycles. The molecule has 0 spiro atoms. The smallest absolute Gasteiger partial charge is 0.306 e. The number of aromatic nitrogens is 1. The minimum atomic E-state index is -3.30. The first-order valence-corrected chi connectivity index (χ1v) is 7.35. The Kier molecular flexibility index (Phi) is 5.27. The Bertz CT molecular complexity index is 484. The first kappa shape index (κ1) is 14.6. The van der Waals surface area contributed by atoms with E-state index in [0.717, 1.165) is 5.69 Å². The average molecular weight is 271 g/mol. The van der Waals surface area contributed by atoms with Gasteiger partial charge in [-0.3, -0.25) is 9.78 Å². The van der Waals surface area contributed by atoms with E-state index < -0.39 is 21.1 Å². The molecule has 0 saturated heterocycles. The van der Waals surface area contributed by atoms with E-state index in [2.05, 4.69) is 9.72 Å². The van der Waals surface area contributed by atoms with Crippen LogP contribution in [-0.4, -0.2) is 37.5 Å². The minimum Gasteiger partial charge on any atom is -0.469 e. The number of esters is 1. The van der Waals surface area contributed by atoms with Crippen LogP contribution in [0.4, 0.5) is 0 Å². The normalized spacial score (nSPS) is 13.0. The van der Waals surface area contributed by atoms with Crippen molar-refractivity contribution in [3.8, 4) is 0 Å². The van der Waals surface area contributed by atoms with E-state index in [1.807, 2.05) is 6.07 Å². The standard InChI is InChI=1S/C12H17NO4S/c1-10(9-12(14)17-2)18(15,16)8-6-11-5-3-4-7-13-11/h3-5,7,10H,6,8-9H2,1-2H3. The highest BCUT2D eigenvalue weighted by atomic mass is 32.2. The van der Waals surface area contributed by atoms with Crippen LogP contribution in [0.25, 0.3) is 0 Å². The molecule has 18 heavy (non-hydrogen) atoms. The third-order valence-corrected chi connectivity index (χ3v) is 4.83. The third-order valence-electron chi connectivity index (χ3n) is 2.66. The molecular formula is C12H17NO4S. The highest BCUT2D eigenvalue weighted by molar-refractivity contribution is 7.92. The molecule has 1 heterocycles. The van der Waals surface area contributed by atoms with Crippen LogP contribution in [0.1, 0.15) is 19.0 Å². The number of methoxy groups -OCH3 is 1. The fourth-order valence-electron chi connectivity index (χ4n) is 1.44. The molecule has 0 aliphatic carbocycles. The van der Waals surface area contributed by atoms with Crippen LogP contribution in [-0.2, 0) is 25.8 Å². The first-order valence-electron chi connectivity index (χ1n) is 5.64. The Hall–Kier alpha value is -1.43. The fourth-order valence-corrected chi connectivity index (χ4v) is 2.73. The lowest BCUT2D eigenvalue weighted by Gasteiger charge is -2.11. The van der Waals surface area contributed by atoms with Gasteiger partial charge in [-0.15, -0.1) is 0 Å². The number of rotatable bonds is 6. The van der Waals surface area contributed by atoms with Gasteiger partial charge in [0, 0.05) is 18.3 Å². The molecule has 0 aromatic carbocycles. The van der Waals surface area contributed by atoms with E-state index in [0.29, 0.717) is 6.42 Å². The molecular weight excluding hydrogens is 254 g/mol. The van der Waals surface area contributed by atoms with Crippen molar-refractivity contribution in [1.29, 1.82) is 0 Å². The summed E-state index contributed by atoms with van der Waals surface area (Å²) >= 11 is 0. The molecule has 5 nitrogen and oxygen atoms in total. The number of hydrogen-bond acceptors (Lipinski definition) is 5. The first-order chi connectivity index (χ1) is 8.45. The van der Waals surface area contributed by atoms with Crippen LogP contribution in [0.15, 0.2) is 24.4 Å². The van der Waals surface area contributed by atoms with Gasteiger partial charge in [0.15, 0.2) is 9.84 Å². The number of hydrogen-bond donors (Lipinski definition) is 0. The number of carbonyl (C=O) groups is 1. The summed E-state index contributed by atoms with van der Waals surface area (Å²) in [6, 6.07) is 5.37. The Labute approximate surface area is 107 Å². The second-order valence-corrected chi connectivity index (χ2v) is 6.57. The highest BCUT2D eigenvalue weighted by Crippen LogP contribution is 2.09. The number of nitrogens with zero attached hydrogens (tertiary/aromatic N) is 1. The third kappa shape index (κ3) is 4.44. The second kappa shape index (κ2) is 6.49. The molecule has 0 amide bonds. The maximum absolute atomic E-state index is 11.9. The minimum absolute atomic E-state index is 0.0117. The molecule has 1 aromatic heterocycles. The molecule has 0 fully saturated rings. The maximum atomic E-state index is 11.9. The van der Waals surface area contributed by atoms with Crippen molar-refractivity contribution in [2.75, 3.05) is 12.9 Å². The summed E-state index contributed by atoms with van der Waals surface area (Å²) in [5.41, 5.74) is 0.728. The zero-order valence-electron chi connectivity index (χ0n) is 10.5. The molecule has 100 valence electrons. The lowest BCUT2D eigenvalue weighted by atomic mass is 10.3. The predicted octanol–water partition coefficient (Wildman–Crippen LogP) is 0.990. The number of carbonyl (C=O) groups excluding carboxylic acids is 1. The van der Waals surface area contributed by atoms with Crippen molar-refractivity contribution in [2.45, 2.75) is 25.0 Å². The van der Waals surface area contributed by atoms with Gasteiger partial charge in [-0.25, -0.2) is 8.42 Å². The maximum Gasteiger partial charge on any atom is 0.306 e. The largest absolute Gasteiger partial charge is 0.469 e. The Morgan fingerprint density at radius 2 is 2.17 bits per heavy atom. The summed E-state index contributed by atoms with van der Waals surface area (Å²) in [5.74, 6) is -0.522. The molecule has 0 radical (unpaired) electrons. The highest BCUT2D eigenvalue weighted by Gasteiger charge is 2.23. The molecule has 1 unspecified atom stereocenters. The van der Waals surface area contributed by atoms with Crippen molar-refractivity contribution >= 4 is 15.8 Å². The van der Waals surface area contributed by atoms with Crippen LogP contribution in [0, 0.1) is 0 Å². The molecule has 1 atom stereocenters. The predicted molar refractivity (Wildman–Crippen MR) is 67.8 cm³/mol. The van der Waals surface area contributed by atoms with Crippen LogP contribution in [0.2, 0.25) is 0 Å². The summed E-state index contributed by atoms with van der Waals surface area (Å²) in [7, 11) is -2.06. The number of sulfone groups is 1. The van der Waals surface area contributed by atoms with Crippen molar-refractivity contribution < 1.29 is 17.9 Å². The van der Waals surface area contributed by atoms with Crippen molar-refractivity contribution in [2.24, 2.45) is 0 Å². The zero-order chi connectivity index (χ0) is 13.6. The lowest BCUT2D eigenvalue weighted by molar-refractivity contribution is -0.140. The van der Waals surface area contributed by atoms with Gasteiger partial charge in [-0.2, -0.15) is 0 Å². The fraction of sp³-hybridized carbons (Fsp3) is 0.500. The van der Waals surface area contributed by atoms with Gasteiger partial charge >= 0.3 is 5.97 Å². The zero-order valence-corrected chi connectivity index (χ0v) is 11.3. The SMILES string of the molecule is COC(=O)CC(C)S(=O)(=O)CCc1ccccn1. The molecule has 0 saturated carbocycles. The van der Waals surface area contributed by atoms with E-state index in [9.17, 15) is 13.2 Å². The molecule has 0 aliphatic rings. The van der Waals surface area contributed by atoms with Gasteiger partial charge in [-0.1, -0.05) is 6.07 Å². The van der Waals surface area contributed by atoms with Gasteiger partial charge in [-0.05, 0) is 19.1 Å². The monoisotopic (exact) mass is 271 g/mol. The summed E-state index contributed by atoms with van der Waals surface area (Å²) in [6.07, 6.45) is 1.87. The van der Waals surface area contributed by atoms with Crippen molar-refractivity contribution in [1.82, 2.24) is 4.98 Å². The van der Waals surface area contributed by atoms with Crippen LogP contribution < -0.4 is 0 Å².